The van der Waals surface area contributed by atoms with Gasteiger partial charge in [-0.05, 0) is 37.0 Å². The van der Waals surface area contributed by atoms with Crippen molar-refractivity contribution < 1.29 is 9.59 Å². The number of rotatable bonds is 7. The highest BCUT2D eigenvalue weighted by Crippen LogP contribution is 2.36. The summed E-state index contributed by atoms with van der Waals surface area (Å²) < 4.78 is 1.15. The Balaban J connectivity index is 1.27. The Morgan fingerprint density at radius 3 is 2.69 bits per heavy atom. The number of fused-ring (bicyclic) bond motifs is 1. The van der Waals surface area contributed by atoms with Gasteiger partial charge < -0.3 is 10.2 Å². The van der Waals surface area contributed by atoms with Crippen LogP contribution in [0.2, 0.25) is 0 Å². The van der Waals surface area contributed by atoms with Crippen LogP contribution >= 0.6 is 11.3 Å². The number of likely N-dealkylation sites (tertiary alicyclic amines) is 1. The zero-order chi connectivity index (χ0) is 20.1. The van der Waals surface area contributed by atoms with Crippen molar-refractivity contribution in [1.82, 2.24) is 15.2 Å². The molecule has 1 fully saturated rings. The van der Waals surface area contributed by atoms with Gasteiger partial charge >= 0.3 is 0 Å². The standard InChI is InChI=1S/C23H25N3O2S/c27-21(24-15-14-17-7-2-1-3-8-17)12-13-22(28)26-16-6-10-19(26)23-25-18-9-4-5-11-20(18)29-23/h1-5,7-9,11,19H,6,10,12-16H2,(H,24,27). The predicted octanol–water partition coefficient (Wildman–Crippen LogP) is 4.10. The molecule has 1 atom stereocenters. The van der Waals surface area contributed by atoms with E-state index in [1.54, 1.807) is 11.3 Å². The fourth-order valence-corrected chi connectivity index (χ4v) is 4.91. The minimum Gasteiger partial charge on any atom is -0.356 e. The van der Waals surface area contributed by atoms with Crippen LogP contribution in [0.25, 0.3) is 10.2 Å². The number of para-hydroxylation sites is 1. The topological polar surface area (TPSA) is 62.3 Å². The number of hydrogen-bond acceptors (Lipinski definition) is 4. The summed E-state index contributed by atoms with van der Waals surface area (Å²) in [4.78, 5) is 31.5. The number of carbonyl (C=O) groups excluding carboxylic acids is 2. The maximum absolute atomic E-state index is 12.8. The van der Waals surface area contributed by atoms with Crippen molar-refractivity contribution in [2.45, 2.75) is 38.1 Å². The molecule has 0 radical (unpaired) electrons. The van der Waals surface area contributed by atoms with Crippen LogP contribution in [0.1, 0.15) is 42.3 Å². The zero-order valence-corrected chi connectivity index (χ0v) is 17.2. The molecule has 1 unspecified atom stereocenters. The first-order valence-corrected chi connectivity index (χ1v) is 11.0. The average molecular weight is 408 g/mol. The molecule has 29 heavy (non-hydrogen) atoms. The molecule has 1 N–H and O–H groups in total. The van der Waals surface area contributed by atoms with Crippen molar-refractivity contribution in [3.63, 3.8) is 0 Å². The molecule has 0 aliphatic carbocycles. The molecule has 1 saturated heterocycles. The summed E-state index contributed by atoms with van der Waals surface area (Å²) in [7, 11) is 0. The fourth-order valence-electron chi connectivity index (χ4n) is 3.80. The summed E-state index contributed by atoms with van der Waals surface area (Å²) in [5.74, 6) is -0.0185. The lowest BCUT2D eigenvalue weighted by atomic mass is 10.1. The van der Waals surface area contributed by atoms with E-state index >= 15 is 0 Å². The van der Waals surface area contributed by atoms with Gasteiger partial charge in [-0.25, -0.2) is 4.98 Å². The second kappa shape index (κ2) is 9.18. The Morgan fingerprint density at radius 2 is 1.86 bits per heavy atom. The van der Waals surface area contributed by atoms with Crippen LogP contribution in [0, 0.1) is 0 Å². The molecule has 2 aromatic carbocycles. The van der Waals surface area contributed by atoms with E-state index in [0.717, 1.165) is 41.0 Å². The van der Waals surface area contributed by atoms with Crippen molar-refractivity contribution in [3.05, 3.63) is 65.2 Å². The molecule has 1 aliphatic rings. The quantitative estimate of drug-likeness (QED) is 0.641. The van der Waals surface area contributed by atoms with Crippen molar-refractivity contribution in [2.75, 3.05) is 13.1 Å². The summed E-state index contributed by atoms with van der Waals surface area (Å²) in [5.41, 5.74) is 2.18. The Labute approximate surface area is 174 Å². The van der Waals surface area contributed by atoms with E-state index in [-0.39, 0.29) is 30.7 Å². The third-order valence-corrected chi connectivity index (χ3v) is 6.45. The monoisotopic (exact) mass is 407 g/mol. The van der Waals surface area contributed by atoms with Crippen LogP contribution in [0.15, 0.2) is 54.6 Å². The van der Waals surface area contributed by atoms with Gasteiger partial charge in [0.2, 0.25) is 11.8 Å². The molecule has 1 aliphatic heterocycles. The van der Waals surface area contributed by atoms with Gasteiger partial charge in [-0.15, -0.1) is 11.3 Å². The highest BCUT2D eigenvalue weighted by molar-refractivity contribution is 7.18. The summed E-state index contributed by atoms with van der Waals surface area (Å²) in [5, 5.41) is 3.92. The third kappa shape index (κ3) is 4.82. The summed E-state index contributed by atoms with van der Waals surface area (Å²) in [6.45, 7) is 1.34. The Morgan fingerprint density at radius 1 is 1.07 bits per heavy atom. The van der Waals surface area contributed by atoms with Gasteiger partial charge in [-0.2, -0.15) is 0 Å². The van der Waals surface area contributed by atoms with Gasteiger partial charge in [-0.3, -0.25) is 9.59 Å². The first-order chi connectivity index (χ1) is 14.2. The molecule has 1 aromatic heterocycles. The molecule has 0 bridgehead atoms. The van der Waals surface area contributed by atoms with E-state index < -0.39 is 0 Å². The Kier molecular flexibility index (Phi) is 6.20. The smallest absolute Gasteiger partial charge is 0.223 e. The van der Waals surface area contributed by atoms with Crippen LogP contribution in [0.5, 0.6) is 0 Å². The number of amides is 2. The molecule has 0 saturated carbocycles. The molecule has 6 heteroatoms. The van der Waals surface area contributed by atoms with Crippen molar-refractivity contribution in [2.24, 2.45) is 0 Å². The summed E-state index contributed by atoms with van der Waals surface area (Å²) in [6, 6.07) is 18.2. The number of nitrogens with one attached hydrogen (secondary N) is 1. The van der Waals surface area contributed by atoms with E-state index in [4.69, 9.17) is 4.98 Å². The third-order valence-electron chi connectivity index (χ3n) is 5.31. The molecule has 3 aromatic rings. The Hall–Kier alpha value is -2.73. The van der Waals surface area contributed by atoms with Crippen LogP contribution in [-0.4, -0.2) is 34.8 Å². The summed E-state index contributed by atoms with van der Waals surface area (Å²) >= 11 is 1.66. The normalized spacial score (nSPS) is 16.3. The largest absolute Gasteiger partial charge is 0.356 e. The number of carbonyl (C=O) groups is 2. The van der Waals surface area contributed by atoms with E-state index in [2.05, 4.69) is 11.4 Å². The van der Waals surface area contributed by atoms with Crippen molar-refractivity contribution in [3.8, 4) is 0 Å². The highest BCUT2D eigenvalue weighted by atomic mass is 32.1. The fraction of sp³-hybridized carbons (Fsp3) is 0.348. The maximum Gasteiger partial charge on any atom is 0.223 e. The first kappa shape index (κ1) is 19.6. The van der Waals surface area contributed by atoms with E-state index in [1.165, 1.54) is 5.56 Å². The van der Waals surface area contributed by atoms with Crippen LogP contribution < -0.4 is 5.32 Å². The van der Waals surface area contributed by atoms with Crippen molar-refractivity contribution in [1.29, 1.82) is 0 Å². The first-order valence-electron chi connectivity index (χ1n) is 10.2. The number of aromatic nitrogens is 1. The van der Waals surface area contributed by atoms with E-state index in [1.807, 2.05) is 53.4 Å². The summed E-state index contributed by atoms with van der Waals surface area (Å²) in [6.07, 6.45) is 3.20. The average Bonchev–Trinajstić information content (AvgIpc) is 3.39. The number of nitrogens with zero attached hydrogens (tertiary/aromatic N) is 2. The van der Waals surface area contributed by atoms with E-state index in [0.29, 0.717) is 6.54 Å². The Bertz CT molecular complexity index is 953. The van der Waals surface area contributed by atoms with Gasteiger partial charge in [0, 0.05) is 25.9 Å². The molecular formula is C23H25N3O2S. The lowest BCUT2D eigenvalue weighted by Crippen LogP contribution is -2.32. The van der Waals surface area contributed by atoms with Gasteiger partial charge in [0.25, 0.3) is 0 Å². The highest BCUT2D eigenvalue weighted by Gasteiger charge is 2.32. The minimum absolute atomic E-state index is 0.0426. The second-order valence-corrected chi connectivity index (χ2v) is 8.41. The van der Waals surface area contributed by atoms with Gasteiger partial charge in [0.15, 0.2) is 0 Å². The van der Waals surface area contributed by atoms with Crippen LogP contribution in [0.4, 0.5) is 0 Å². The van der Waals surface area contributed by atoms with Crippen molar-refractivity contribution >= 4 is 33.4 Å². The molecule has 4 rings (SSSR count). The molecule has 2 amide bonds. The molecule has 2 heterocycles. The van der Waals surface area contributed by atoms with Crippen LogP contribution in [0.3, 0.4) is 0 Å². The molecular weight excluding hydrogens is 382 g/mol. The van der Waals surface area contributed by atoms with Crippen LogP contribution in [-0.2, 0) is 16.0 Å². The lowest BCUT2D eigenvalue weighted by molar-refractivity contribution is -0.134. The zero-order valence-electron chi connectivity index (χ0n) is 16.3. The number of hydrogen-bond donors (Lipinski definition) is 1. The predicted molar refractivity (Wildman–Crippen MR) is 116 cm³/mol. The maximum atomic E-state index is 12.8. The minimum atomic E-state index is -0.0648. The molecule has 150 valence electrons. The molecule has 5 nitrogen and oxygen atoms in total. The van der Waals surface area contributed by atoms with Gasteiger partial charge in [0.1, 0.15) is 5.01 Å². The van der Waals surface area contributed by atoms with Gasteiger partial charge in [-0.1, -0.05) is 42.5 Å². The lowest BCUT2D eigenvalue weighted by Gasteiger charge is -2.23. The SMILES string of the molecule is O=C(CCC(=O)N1CCCC1c1nc2ccccc2s1)NCCc1ccccc1. The number of thiazole rings is 1. The van der Waals surface area contributed by atoms with E-state index in [9.17, 15) is 9.59 Å². The van der Waals surface area contributed by atoms with Gasteiger partial charge in [0.05, 0.1) is 16.3 Å². The second-order valence-electron chi connectivity index (χ2n) is 7.35. The molecule has 0 spiro atoms. The number of benzene rings is 2.